The number of hydrogen-bond donors (Lipinski definition) is 3. The first-order valence-electron chi connectivity index (χ1n) is 15.7. The van der Waals surface area contributed by atoms with Crippen LogP contribution in [0.3, 0.4) is 0 Å². The summed E-state index contributed by atoms with van der Waals surface area (Å²) in [6, 6.07) is 0. The minimum absolute atomic E-state index is 0.0215. The van der Waals surface area contributed by atoms with Crippen LogP contribution in [0.2, 0.25) is 0 Å². The maximum Gasteiger partial charge on any atom is 0.419 e. The van der Waals surface area contributed by atoms with Crippen LogP contribution in [0.15, 0.2) is 0 Å². The molecule has 266 valence electrons. The van der Waals surface area contributed by atoms with E-state index in [0.717, 1.165) is 6.42 Å². The molecule has 14 nitrogen and oxygen atoms in total. The van der Waals surface area contributed by atoms with Gasteiger partial charge in [-0.15, -0.1) is 0 Å². The largest absolute Gasteiger partial charge is 0.444 e. The number of carbonyl (C=O) groups excluding carboxylic acids is 6. The molecule has 0 saturated heterocycles. The molecule has 3 N–H and O–H groups in total. The monoisotopic (exact) mass is 658 g/mol. The van der Waals surface area contributed by atoms with E-state index in [1.54, 1.807) is 83.1 Å². The molecule has 0 rings (SSSR count). The Morgan fingerprint density at radius 2 is 1.09 bits per heavy atom. The molecule has 0 saturated carbocycles. The number of unbranched alkanes of at least 4 members (excludes halogenated alkanes) is 2. The average Bonchev–Trinajstić information content (AvgIpc) is 2.79. The maximum atomic E-state index is 13.6. The number of aldehydes is 1. The number of nitrogens with zero attached hydrogens (tertiary/aromatic N) is 1. The van der Waals surface area contributed by atoms with Gasteiger partial charge in [0.25, 0.3) is 0 Å². The molecule has 0 aliphatic rings. The van der Waals surface area contributed by atoms with Crippen molar-refractivity contribution in [2.45, 2.75) is 169 Å². The normalized spacial score (nSPS) is 13.5. The van der Waals surface area contributed by atoms with Crippen molar-refractivity contribution in [1.29, 1.82) is 0 Å². The van der Waals surface area contributed by atoms with Crippen molar-refractivity contribution in [3.05, 3.63) is 0 Å². The van der Waals surface area contributed by atoms with Gasteiger partial charge in [0.15, 0.2) is 11.9 Å². The molecule has 0 unspecified atom stereocenters. The highest BCUT2D eigenvalue weighted by Gasteiger charge is 2.47. The van der Waals surface area contributed by atoms with Gasteiger partial charge in [0.1, 0.15) is 28.6 Å². The lowest BCUT2D eigenvalue weighted by molar-refractivity contribution is -0.143. The Labute approximate surface area is 274 Å². The van der Waals surface area contributed by atoms with Crippen LogP contribution in [-0.4, -0.2) is 75.7 Å². The first-order valence-corrected chi connectivity index (χ1v) is 15.7. The minimum atomic E-state index is -2.24. The second-order valence-electron chi connectivity index (χ2n) is 15.1. The fourth-order valence-electron chi connectivity index (χ4n) is 3.94. The first-order chi connectivity index (χ1) is 20.7. The van der Waals surface area contributed by atoms with E-state index in [1.807, 2.05) is 6.92 Å². The molecule has 1 atom stereocenters. The second kappa shape index (κ2) is 17.4. The zero-order valence-electron chi connectivity index (χ0n) is 30.1. The van der Waals surface area contributed by atoms with Crippen LogP contribution >= 0.6 is 0 Å². The number of carbonyl (C=O) groups is 6. The van der Waals surface area contributed by atoms with E-state index in [4.69, 9.17) is 18.9 Å². The molecule has 0 spiro atoms. The first kappa shape index (κ1) is 42.4. The van der Waals surface area contributed by atoms with Gasteiger partial charge in [-0.3, -0.25) is 14.9 Å². The summed E-state index contributed by atoms with van der Waals surface area (Å²) in [4.78, 5) is 79.0. The van der Waals surface area contributed by atoms with E-state index in [0.29, 0.717) is 17.7 Å². The predicted molar refractivity (Wildman–Crippen MR) is 172 cm³/mol. The van der Waals surface area contributed by atoms with E-state index >= 15 is 0 Å². The number of alkyl carbamates (subject to hydrolysis) is 3. The highest BCUT2D eigenvalue weighted by Crippen LogP contribution is 2.25. The number of nitrogens with one attached hydrogen (secondary N) is 3. The number of rotatable bonds is 13. The van der Waals surface area contributed by atoms with E-state index in [2.05, 4.69) is 16.0 Å². The molecule has 0 radical (unpaired) electrons. The zero-order chi connectivity index (χ0) is 36.1. The van der Waals surface area contributed by atoms with Crippen LogP contribution in [-0.2, 0) is 28.5 Å². The van der Waals surface area contributed by atoms with Crippen LogP contribution in [0.1, 0.15) is 135 Å². The molecule has 46 heavy (non-hydrogen) atoms. The third-order valence-electron chi connectivity index (χ3n) is 5.56. The minimum Gasteiger partial charge on any atom is -0.444 e. The lowest BCUT2D eigenvalue weighted by Crippen LogP contribution is -2.66. The van der Waals surface area contributed by atoms with Crippen molar-refractivity contribution in [3.63, 3.8) is 0 Å². The Kier molecular flexibility index (Phi) is 16.0. The molecule has 0 bridgehead atoms. The molecule has 5 amide bonds. The molecule has 0 heterocycles. The standard InChI is InChI=1S/C32H58N4O10/c1-14-15-16-19-23(38)36(27(42)46-31(11,12)13)32(21-37,35-26(41)45-30(8,9)10)20-17-18-22(33-24(39)43-28(2,3)4)34-25(40)44-29(5,6)7/h21-22H,14-20H2,1-13H3,(H,33,39)(H,34,40)(H,35,41)/t32-/m0/s1. The fraction of sp³-hybridized carbons (Fsp3) is 0.812. The van der Waals surface area contributed by atoms with Gasteiger partial charge in [-0.2, -0.15) is 0 Å². The van der Waals surface area contributed by atoms with Crippen molar-refractivity contribution in [3.8, 4) is 0 Å². The van der Waals surface area contributed by atoms with Gasteiger partial charge in [0.2, 0.25) is 5.91 Å². The molecule has 0 aromatic heterocycles. The predicted octanol–water partition coefficient (Wildman–Crippen LogP) is 6.30. The Balaban J connectivity index is 6.61. The fourth-order valence-corrected chi connectivity index (χ4v) is 3.94. The summed E-state index contributed by atoms with van der Waals surface area (Å²) >= 11 is 0. The second-order valence-corrected chi connectivity index (χ2v) is 15.1. The summed E-state index contributed by atoms with van der Waals surface area (Å²) in [6.07, 6.45) is -3.17. The Morgan fingerprint density at radius 1 is 0.652 bits per heavy atom. The SMILES string of the molecule is CCCCCC(=O)N(C(=O)OC(C)(C)C)[C@](C=O)(CCCC(NC(=O)OC(C)(C)C)NC(=O)OC(C)(C)C)NC(=O)OC(C)(C)C. The van der Waals surface area contributed by atoms with Gasteiger partial charge in [-0.05, 0) is 109 Å². The van der Waals surface area contributed by atoms with Crippen molar-refractivity contribution in [2.24, 2.45) is 0 Å². The van der Waals surface area contributed by atoms with Crippen LogP contribution in [0.25, 0.3) is 0 Å². The average molecular weight is 659 g/mol. The lowest BCUT2D eigenvalue weighted by Gasteiger charge is -2.40. The Hall–Kier alpha value is -3.58. The Bertz CT molecular complexity index is 1020. The highest BCUT2D eigenvalue weighted by molar-refractivity contribution is 5.97. The van der Waals surface area contributed by atoms with Crippen LogP contribution in [0, 0.1) is 0 Å². The van der Waals surface area contributed by atoms with Crippen LogP contribution < -0.4 is 16.0 Å². The van der Waals surface area contributed by atoms with Gasteiger partial charge in [0.05, 0.1) is 0 Å². The summed E-state index contributed by atoms with van der Waals surface area (Å²) < 4.78 is 21.5. The van der Waals surface area contributed by atoms with Crippen LogP contribution in [0.4, 0.5) is 19.2 Å². The molecule has 0 aromatic rings. The topological polar surface area (TPSA) is 179 Å². The molecule has 0 aromatic carbocycles. The number of imide groups is 1. The summed E-state index contributed by atoms with van der Waals surface area (Å²) in [5.74, 6) is -0.735. The van der Waals surface area contributed by atoms with Gasteiger partial charge in [0, 0.05) is 6.42 Å². The smallest absolute Gasteiger partial charge is 0.419 e. The van der Waals surface area contributed by atoms with Crippen molar-refractivity contribution in [2.75, 3.05) is 0 Å². The van der Waals surface area contributed by atoms with Gasteiger partial charge in [-0.1, -0.05) is 19.8 Å². The van der Waals surface area contributed by atoms with Crippen LogP contribution in [0.5, 0.6) is 0 Å². The molecule has 0 aliphatic heterocycles. The maximum absolute atomic E-state index is 13.6. The third-order valence-corrected chi connectivity index (χ3v) is 5.56. The quantitative estimate of drug-likeness (QED) is 0.0880. The Morgan fingerprint density at radius 3 is 1.48 bits per heavy atom. The summed E-state index contributed by atoms with van der Waals surface area (Å²) in [6.45, 7) is 21.6. The molecular formula is C32H58N4O10. The summed E-state index contributed by atoms with van der Waals surface area (Å²) in [7, 11) is 0. The van der Waals surface area contributed by atoms with Crippen molar-refractivity contribution >= 4 is 36.6 Å². The molecule has 14 heteroatoms. The number of hydrogen-bond acceptors (Lipinski definition) is 10. The number of amides is 5. The molecular weight excluding hydrogens is 600 g/mol. The molecule has 0 fully saturated rings. The number of ether oxygens (including phenoxy) is 4. The van der Waals surface area contributed by atoms with Crippen molar-refractivity contribution < 1.29 is 47.7 Å². The third kappa shape index (κ3) is 18.4. The van der Waals surface area contributed by atoms with Crippen molar-refractivity contribution in [1.82, 2.24) is 20.9 Å². The molecule has 0 aliphatic carbocycles. The van der Waals surface area contributed by atoms with Gasteiger partial charge in [-0.25, -0.2) is 24.1 Å². The zero-order valence-corrected chi connectivity index (χ0v) is 30.1. The van der Waals surface area contributed by atoms with E-state index in [9.17, 15) is 28.8 Å². The lowest BCUT2D eigenvalue weighted by atomic mass is 9.99. The van der Waals surface area contributed by atoms with E-state index in [1.165, 1.54) is 0 Å². The van der Waals surface area contributed by atoms with E-state index in [-0.39, 0.29) is 32.0 Å². The highest BCUT2D eigenvalue weighted by atomic mass is 16.6. The summed E-state index contributed by atoms with van der Waals surface area (Å²) in [5, 5.41) is 7.56. The van der Waals surface area contributed by atoms with Gasteiger partial charge >= 0.3 is 24.4 Å². The summed E-state index contributed by atoms with van der Waals surface area (Å²) in [5.41, 5.74) is -5.93. The van der Waals surface area contributed by atoms with E-state index < -0.39 is 64.5 Å². The van der Waals surface area contributed by atoms with Gasteiger partial charge < -0.3 is 29.6 Å².